The van der Waals surface area contributed by atoms with Gasteiger partial charge in [0, 0.05) is 52.0 Å². The van der Waals surface area contributed by atoms with Crippen LogP contribution >= 0.6 is 0 Å². The second kappa shape index (κ2) is 11.0. The number of aryl methyl sites for hydroxylation is 1. The Morgan fingerprint density at radius 2 is 1.61 bits per heavy atom. The summed E-state index contributed by atoms with van der Waals surface area (Å²) in [6.45, 7) is 9.85. The van der Waals surface area contributed by atoms with Gasteiger partial charge in [0.05, 0.1) is 12.6 Å². The fourth-order valence-corrected chi connectivity index (χ4v) is 5.24. The summed E-state index contributed by atoms with van der Waals surface area (Å²) in [5.74, 6) is -0.429. The van der Waals surface area contributed by atoms with Crippen molar-refractivity contribution in [1.82, 2.24) is 18.4 Å². The number of hydrogen-bond acceptors (Lipinski definition) is 5. The second-order valence-corrected chi connectivity index (χ2v) is 9.74. The Hall–Kier alpha value is -2.01. The highest BCUT2D eigenvalue weighted by molar-refractivity contribution is 7.86. The molecule has 10 heteroatoms. The smallest absolute Gasteiger partial charge is 0.282 e. The molecule has 1 aliphatic heterocycles. The third kappa shape index (κ3) is 6.49. The van der Waals surface area contributed by atoms with E-state index >= 15 is 0 Å². The summed E-state index contributed by atoms with van der Waals surface area (Å²) in [4.78, 5) is 28.5. The third-order valence-corrected chi connectivity index (χ3v) is 7.82. The molecule has 1 aliphatic rings. The van der Waals surface area contributed by atoms with E-state index in [1.165, 1.54) is 13.5 Å². The van der Waals surface area contributed by atoms with Crippen LogP contribution in [0.2, 0.25) is 0 Å². The number of amides is 2. The number of carbonyl (C=O) groups excluding carboxylic acids is 2. The fourth-order valence-electron chi connectivity index (χ4n) is 3.64. The van der Waals surface area contributed by atoms with Crippen molar-refractivity contribution in [3.8, 4) is 0 Å². The summed E-state index contributed by atoms with van der Waals surface area (Å²) in [7, 11) is -1.86. The van der Waals surface area contributed by atoms with Crippen LogP contribution in [0.4, 0.5) is 5.69 Å². The normalized spacial score (nSPS) is 16.8. The zero-order valence-corrected chi connectivity index (χ0v) is 20.0. The first-order chi connectivity index (χ1) is 14.6. The molecule has 0 aromatic heterocycles. The van der Waals surface area contributed by atoms with Crippen LogP contribution in [0, 0.1) is 6.92 Å². The minimum absolute atomic E-state index is 0.0483. The van der Waals surface area contributed by atoms with E-state index in [1.807, 2.05) is 49.9 Å². The van der Waals surface area contributed by atoms with Crippen molar-refractivity contribution in [3.63, 3.8) is 0 Å². The van der Waals surface area contributed by atoms with Gasteiger partial charge in [0.15, 0.2) is 0 Å². The highest BCUT2D eigenvalue weighted by Gasteiger charge is 2.34. The molecular weight excluding hydrogens is 418 g/mol. The number of piperazine rings is 1. The highest BCUT2D eigenvalue weighted by atomic mass is 32.2. The molecule has 1 heterocycles. The molecule has 0 radical (unpaired) electrons. The topological polar surface area (TPSA) is 93.3 Å². The number of carbonyl (C=O) groups is 2. The van der Waals surface area contributed by atoms with E-state index in [-0.39, 0.29) is 18.4 Å². The minimum Gasteiger partial charge on any atom is -0.335 e. The van der Waals surface area contributed by atoms with E-state index in [2.05, 4.69) is 5.32 Å². The maximum atomic E-state index is 12.8. The van der Waals surface area contributed by atoms with Gasteiger partial charge < -0.3 is 10.2 Å². The lowest BCUT2D eigenvalue weighted by Gasteiger charge is -2.39. The lowest BCUT2D eigenvalue weighted by molar-refractivity contribution is -0.138. The minimum atomic E-state index is -3.47. The summed E-state index contributed by atoms with van der Waals surface area (Å²) in [6, 6.07) is 7.03. The van der Waals surface area contributed by atoms with Crippen LogP contribution in [0.5, 0.6) is 0 Å². The Morgan fingerprint density at radius 3 is 2.13 bits per heavy atom. The molecule has 1 saturated heterocycles. The van der Waals surface area contributed by atoms with Crippen LogP contribution in [0.3, 0.4) is 0 Å². The van der Waals surface area contributed by atoms with Crippen LogP contribution in [0.25, 0.3) is 0 Å². The standard InChI is InChI=1S/C21H35N5O4S/c1-6-25(7-2)31(29,30)26-14-12-24(13-15-26)18(4)21(28)23(5)16-20(27)22-19-10-8-17(3)9-11-19/h8-11,18H,6-7,12-16H2,1-5H3,(H,22,27). The maximum Gasteiger partial charge on any atom is 0.282 e. The van der Waals surface area contributed by atoms with Crippen LogP contribution in [0.1, 0.15) is 26.3 Å². The van der Waals surface area contributed by atoms with Crippen LogP contribution in [-0.4, -0.2) is 97.5 Å². The zero-order chi connectivity index (χ0) is 23.2. The first-order valence-electron chi connectivity index (χ1n) is 10.7. The molecule has 2 amide bonds. The molecule has 0 aliphatic carbocycles. The number of anilines is 1. The number of nitrogens with zero attached hydrogens (tertiary/aromatic N) is 4. The predicted octanol–water partition coefficient (Wildman–Crippen LogP) is 0.985. The average Bonchev–Trinajstić information content (AvgIpc) is 2.75. The average molecular weight is 454 g/mol. The number of likely N-dealkylation sites (N-methyl/N-ethyl adjacent to an activating group) is 1. The van der Waals surface area contributed by atoms with E-state index in [1.54, 1.807) is 14.0 Å². The van der Waals surface area contributed by atoms with E-state index in [0.29, 0.717) is 45.0 Å². The second-order valence-electron chi connectivity index (χ2n) is 7.81. The fraction of sp³-hybridized carbons (Fsp3) is 0.619. The van der Waals surface area contributed by atoms with Gasteiger partial charge in [-0.1, -0.05) is 31.5 Å². The Bertz CT molecular complexity index is 847. The van der Waals surface area contributed by atoms with E-state index < -0.39 is 16.3 Å². The quantitative estimate of drug-likeness (QED) is 0.602. The lowest BCUT2D eigenvalue weighted by atomic mass is 10.2. The number of benzene rings is 1. The molecule has 174 valence electrons. The summed E-state index contributed by atoms with van der Waals surface area (Å²) in [5.41, 5.74) is 1.79. The number of nitrogens with one attached hydrogen (secondary N) is 1. The van der Waals surface area contributed by atoms with Crippen LogP contribution in [-0.2, 0) is 19.8 Å². The Kier molecular flexibility index (Phi) is 8.99. The molecule has 1 unspecified atom stereocenters. The molecule has 1 fully saturated rings. The van der Waals surface area contributed by atoms with Gasteiger partial charge in [-0.15, -0.1) is 0 Å². The number of hydrogen-bond donors (Lipinski definition) is 1. The van der Waals surface area contributed by atoms with Crippen molar-refractivity contribution in [3.05, 3.63) is 29.8 Å². The molecule has 0 saturated carbocycles. The Labute approximate surface area is 186 Å². The third-order valence-electron chi connectivity index (χ3n) is 5.63. The molecule has 2 rings (SSSR count). The monoisotopic (exact) mass is 453 g/mol. The first-order valence-corrected chi connectivity index (χ1v) is 12.1. The molecule has 1 N–H and O–H groups in total. The maximum absolute atomic E-state index is 12.8. The van der Waals surface area contributed by atoms with Crippen LogP contribution < -0.4 is 5.32 Å². The highest BCUT2D eigenvalue weighted by Crippen LogP contribution is 2.15. The van der Waals surface area contributed by atoms with Gasteiger partial charge >= 0.3 is 0 Å². The molecule has 1 aromatic rings. The SMILES string of the molecule is CCN(CC)S(=O)(=O)N1CCN(C(C)C(=O)N(C)CC(=O)Nc2ccc(C)cc2)CC1. The van der Waals surface area contributed by atoms with Crippen molar-refractivity contribution in [2.45, 2.75) is 33.7 Å². The zero-order valence-electron chi connectivity index (χ0n) is 19.2. The van der Waals surface area contributed by atoms with Crippen LogP contribution in [0.15, 0.2) is 24.3 Å². The van der Waals surface area contributed by atoms with Gasteiger partial charge in [-0.25, -0.2) is 0 Å². The molecule has 9 nitrogen and oxygen atoms in total. The van der Waals surface area contributed by atoms with Gasteiger partial charge in [-0.3, -0.25) is 14.5 Å². The van der Waals surface area contributed by atoms with Crippen molar-refractivity contribution >= 4 is 27.7 Å². The predicted molar refractivity (Wildman–Crippen MR) is 122 cm³/mol. The lowest BCUT2D eigenvalue weighted by Crippen LogP contribution is -2.57. The molecule has 0 spiro atoms. The first kappa shape index (κ1) is 25.3. The molecular formula is C21H35N5O4S. The summed E-state index contributed by atoms with van der Waals surface area (Å²) in [6.07, 6.45) is 0. The summed E-state index contributed by atoms with van der Waals surface area (Å²) < 4.78 is 28.3. The van der Waals surface area contributed by atoms with E-state index in [4.69, 9.17) is 0 Å². The summed E-state index contributed by atoms with van der Waals surface area (Å²) >= 11 is 0. The van der Waals surface area contributed by atoms with Gasteiger partial charge in [0.2, 0.25) is 11.8 Å². The largest absolute Gasteiger partial charge is 0.335 e. The Morgan fingerprint density at radius 1 is 1.06 bits per heavy atom. The van der Waals surface area contributed by atoms with Crippen molar-refractivity contribution in [2.24, 2.45) is 0 Å². The van der Waals surface area contributed by atoms with E-state index in [0.717, 1.165) is 5.56 Å². The van der Waals surface area contributed by atoms with Crippen molar-refractivity contribution < 1.29 is 18.0 Å². The number of rotatable bonds is 9. The van der Waals surface area contributed by atoms with Gasteiger partial charge in [-0.2, -0.15) is 17.0 Å². The van der Waals surface area contributed by atoms with Gasteiger partial charge in [0.25, 0.3) is 10.2 Å². The summed E-state index contributed by atoms with van der Waals surface area (Å²) in [5, 5.41) is 2.79. The van der Waals surface area contributed by atoms with Crippen molar-refractivity contribution in [2.75, 3.05) is 58.2 Å². The van der Waals surface area contributed by atoms with Gasteiger partial charge in [-0.05, 0) is 26.0 Å². The molecule has 1 atom stereocenters. The van der Waals surface area contributed by atoms with E-state index in [9.17, 15) is 18.0 Å². The molecule has 31 heavy (non-hydrogen) atoms. The molecule has 1 aromatic carbocycles. The van der Waals surface area contributed by atoms with Gasteiger partial charge in [0.1, 0.15) is 0 Å². The van der Waals surface area contributed by atoms with Crippen molar-refractivity contribution in [1.29, 1.82) is 0 Å². The molecule has 0 bridgehead atoms. The Balaban J connectivity index is 1.87.